The minimum absolute atomic E-state index is 0.0567. The number of H-pyrrole nitrogens is 2. The number of nitrogens with zero attached hydrogens (tertiary/aromatic N) is 4. The molecule has 0 atom stereocenters. The molecule has 2 N–H and O–H groups in total. The lowest BCUT2D eigenvalue weighted by Gasteiger charge is -2.50. The summed E-state index contributed by atoms with van der Waals surface area (Å²) in [5.41, 5.74) is 4.34. The number of hydrogen-bond acceptors (Lipinski definition) is 4. The second kappa shape index (κ2) is 6.48. The highest BCUT2D eigenvalue weighted by atomic mass is 16.2. The van der Waals surface area contributed by atoms with Gasteiger partial charge in [0.05, 0.1) is 23.3 Å². The fourth-order valence-corrected chi connectivity index (χ4v) is 4.59. The average Bonchev–Trinajstić information content (AvgIpc) is 3.26. The Balaban J connectivity index is 1.49. The van der Waals surface area contributed by atoms with Gasteiger partial charge in [0.1, 0.15) is 0 Å². The Bertz CT molecular complexity index is 822. The van der Waals surface area contributed by atoms with E-state index in [4.69, 9.17) is 0 Å². The van der Waals surface area contributed by atoms with Gasteiger partial charge in [-0.25, -0.2) is 4.98 Å². The zero-order valence-electron chi connectivity index (χ0n) is 16.8. The number of nitrogens with one attached hydrogen (secondary N) is 2. The number of carbonyl (C=O) groups is 1. The van der Waals surface area contributed by atoms with Crippen molar-refractivity contribution in [2.45, 2.75) is 64.5 Å². The Hall–Kier alpha value is -2.15. The van der Waals surface area contributed by atoms with E-state index in [0.717, 1.165) is 62.5 Å². The van der Waals surface area contributed by atoms with E-state index < -0.39 is 0 Å². The molecule has 0 aliphatic carbocycles. The van der Waals surface area contributed by atoms with Crippen molar-refractivity contribution >= 4 is 5.91 Å². The lowest BCUT2D eigenvalue weighted by atomic mass is 9.78. The molecule has 0 bridgehead atoms. The Morgan fingerprint density at radius 1 is 1.26 bits per heavy atom. The summed E-state index contributed by atoms with van der Waals surface area (Å²) in [4.78, 5) is 24.7. The molecule has 2 aliphatic heterocycles. The SMILES string of the molecule is CC(=O)N1CCc2[nH]cnc2C12CCN(Cc1cc(C(C)(C)C)n[nH]1)CC2. The summed E-state index contributed by atoms with van der Waals surface area (Å²) in [6.45, 7) is 11.8. The van der Waals surface area contributed by atoms with E-state index in [0.29, 0.717) is 0 Å². The number of rotatable bonds is 2. The van der Waals surface area contributed by atoms with Crippen LogP contribution in [0.25, 0.3) is 0 Å². The molecular weight excluding hydrogens is 340 g/mol. The molecule has 146 valence electrons. The van der Waals surface area contributed by atoms with E-state index >= 15 is 0 Å². The maximum atomic E-state index is 12.3. The molecule has 0 radical (unpaired) electrons. The quantitative estimate of drug-likeness (QED) is 0.850. The zero-order valence-corrected chi connectivity index (χ0v) is 16.8. The van der Waals surface area contributed by atoms with Crippen molar-refractivity contribution in [1.29, 1.82) is 0 Å². The zero-order chi connectivity index (χ0) is 19.2. The Morgan fingerprint density at radius 3 is 2.63 bits per heavy atom. The molecule has 2 aromatic rings. The normalized spacial score (nSPS) is 20.1. The number of likely N-dealkylation sites (tertiary alicyclic amines) is 1. The first-order valence-corrected chi connectivity index (χ1v) is 9.88. The van der Waals surface area contributed by atoms with Crippen molar-refractivity contribution in [2.75, 3.05) is 19.6 Å². The predicted octanol–water partition coefficient (Wildman–Crippen LogP) is 2.33. The van der Waals surface area contributed by atoms with Gasteiger partial charge in [0.25, 0.3) is 0 Å². The van der Waals surface area contributed by atoms with E-state index in [1.165, 1.54) is 5.69 Å². The highest BCUT2D eigenvalue weighted by molar-refractivity contribution is 5.75. The van der Waals surface area contributed by atoms with Crippen LogP contribution in [-0.4, -0.2) is 55.5 Å². The van der Waals surface area contributed by atoms with Gasteiger partial charge in [0.2, 0.25) is 5.91 Å². The Morgan fingerprint density at radius 2 is 2.00 bits per heavy atom. The van der Waals surface area contributed by atoms with Crippen LogP contribution >= 0.6 is 0 Å². The molecule has 1 fully saturated rings. The number of aromatic amines is 2. The fourth-order valence-electron chi connectivity index (χ4n) is 4.59. The second-order valence-electron chi connectivity index (χ2n) is 8.99. The third-order valence-electron chi connectivity index (χ3n) is 6.12. The Labute approximate surface area is 160 Å². The van der Waals surface area contributed by atoms with Crippen LogP contribution in [0.3, 0.4) is 0 Å². The molecule has 2 aliphatic rings. The maximum absolute atomic E-state index is 12.3. The van der Waals surface area contributed by atoms with Crippen LogP contribution in [0, 0.1) is 0 Å². The van der Waals surface area contributed by atoms with E-state index in [1.54, 1.807) is 13.3 Å². The summed E-state index contributed by atoms with van der Waals surface area (Å²) in [5.74, 6) is 0.153. The van der Waals surface area contributed by atoms with Crippen LogP contribution in [0.1, 0.15) is 63.3 Å². The number of carbonyl (C=O) groups excluding carboxylic acids is 1. The van der Waals surface area contributed by atoms with Crippen LogP contribution < -0.4 is 0 Å². The molecular formula is C20H30N6O. The summed E-state index contributed by atoms with van der Waals surface area (Å²) >= 11 is 0. The van der Waals surface area contributed by atoms with Gasteiger partial charge in [-0.1, -0.05) is 20.8 Å². The van der Waals surface area contributed by atoms with Gasteiger partial charge in [0, 0.05) is 56.3 Å². The maximum Gasteiger partial charge on any atom is 0.220 e. The van der Waals surface area contributed by atoms with E-state index in [9.17, 15) is 4.79 Å². The first kappa shape index (κ1) is 18.2. The van der Waals surface area contributed by atoms with Gasteiger partial charge in [-0.15, -0.1) is 0 Å². The van der Waals surface area contributed by atoms with Crippen molar-refractivity contribution in [3.05, 3.63) is 35.2 Å². The van der Waals surface area contributed by atoms with Crippen LogP contribution in [-0.2, 0) is 28.7 Å². The molecule has 1 spiro atoms. The largest absolute Gasteiger partial charge is 0.348 e. The highest BCUT2D eigenvalue weighted by Gasteiger charge is 2.47. The van der Waals surface area contributed by atoms with Gasteiger partial charge >= 0.3 is 0 Å². The monoisotopic (exact) mass is 370 g/mol. The Kier molecular flexibility index (Phi) is 4.37. The molecule has 0 unspecified atom stereocenters. The van der Waals surface area contributed by atoms with Gasteiger partial charge in [-0.3, -0.25) is 14.8 Å². The molecule has 4 rings (SSSR count). The molecule has 1 amide bonds. The molecule has 2 aromatic heterocycles. The number of amides is 1. The summed E-state index contributed by atoms with van der Waals surface area (Å²) in [5, 5.41) is 7.67. The predicted molar refractivity (Wildman–Crippen MR) is 103 cm³/mol. The van der Waals surface area contributed by atoms with Gasteiger partial charge < -0.3 is 9.88 Å². The van der Waals surface area contributed by atoms with E-state index in [1.807, 2.05) is 0 Å². The smallest absolute Gasteiger partial charge is 0.220 e. The van der Waals surface area contributed by atoms with Crippen molar-refractivity contribution < 1.29 is 4.79 Å². The lowest BCUT2D eigenvalue weighted by Crippen LogP contribution is -2.57. The third-order valence-corrected chi connectivity index (χ3v) is 6.12. The standard InChI is InChI=1S/C20H30N6O/c1-14(27)26-8-5-16-18(22-13-21-16)20(26)6-9-25(10-7-20)12-15-11-17(24-23-15)19(2,3)4/h11,13H,5-10,12H2,1-4H3,(H,21,22)(H,23,24). The highest BCUT2D eigenvalue weighted by Crippen LogP contribution is 2.42. The van der Waals surface area contributed by atoms with Crippen molar-refractivity contribution in [3.63, 3.8) is 0 Å². The third kappa shape index (κ3) is 3.18. The molecule has 0 saturated carbocycles. The van der Waals surface area contributed by atoms with E-state index in [-0.39, 0.29) is 16.9 Å². The summed E-state index contributed by atoms with van der Waals surface area (Å²) in [6, 6.07) is 2.18. The van der Waals surface area contributed by atoms with E-state index in [2.05, 4.69) is 56.8 Å². The van der Waals surface area contributed by atoms with Crippen LogP contribution in [0.2, 0.25) is 0 Å². The van der Waals surface area contributed by atoms with Crippen LogP contribution in [0.4, 0.5) is 0 Å². The van der Waals surface area contributed by atoms with Gasteiger partial charge in [-0.2, -0.15) is 5.10 Å². The summed E-state index contributed by atoms with van der Waals surface area (Å²) in [6.07, 6.45) is 4.49. The first-order valence-electron chi connectivity index (χ1n) is 9.88. The van der Waals surface area contributed by atoms with Crippen molar-refractivity contribution in [2.24, 2.45) is 0 Å². The molecule has 0 aromatic carbocycles. The molecule has 1 saturated heterocycles. The molecule has 4 heterocycles. The van der Waals surface area contributed by atoms with Crippen LogP contribution in [0.15, 0.2) is 12.4 Å². The summed E-state index contributed by atoms with van der Waals surface area (Å²) in [7, 11) is 0. The minimum Gasteiger partial charge on any atom is -0.348 e. The number of imidazole rings is 1. The van der Waals surface area contributed by atoms with Crippen LogP contribution in [0.5, 0.6) is 0 Å². The second-order valence-corrected chi connectivity index (χ2v) is 8.99. The average molecular weight is 371 g/mol. The van der Waals surface area contributed by atoms with Gasteiger partial charge in [-0.05, 0) is 18.9 Å². The fraction of sp³-hybridized carbons (Fsp3) is 0.650. The minimum atomic E-state index is -0.250. The summed E-state index contributed by atoms with van der Waals surface area (Å²) < 4.78 is 0. The van der Waals surface area contributed by atoms with Crippen molar-refractivity contribution in [1.82, 2.24) is 30.0 Å². The van der Waals surface area contributed by atoms with Gasteiger partial charge in [0.15, 0.2) is 0 Å². The number of hydrogen-bond donors (Lipinski definition) is 2. The molecule has 7 heteroatoms. The number of aromatic nitrogens is 4. The first-order chi connectivity index (χ1) is 12.8. The number of fused-ring (bicyclic) bond motifs is 2. The lowest BCUT2D eigenvalue weighted by molar-refractivity contribution is -0.139. The topological polar surface area (TPSA) is 80.9 Å². The number of piperidine rings is 1. The van der Waals surface area contributed by atoms with Crippen molar-refractivity contribution in [3.8, 4) is 0 Å². The molecule has 27 heavy (non-hydrogen) atoms. The molecule has 7 nitrogen and oxygen atoms in total.